The number of ether oxygens (including phenoxy) is 1. The number of likely N-dealkylation sites (N-methyl/N-ethyl adjacent to an activating group) is 1. The van der Waals surface area contributed by atoms with Crippen LogP contribution in [0.25, 0.3) is 0 Å². The maximum atomic E-state index is 12.4. The van der Waals surface area contributed by atoms with Gasteiger partial charge in [0.2, 0.25) is 0 Å². The molecule has 2 N–H and O–H groups in total. The average molecular weight is 386 g/mol. The van der Waals surface area contributed by atoms with Crippen molar-refractivity contribution in [2.24, 2.45) is 0 Å². The SMILES string of the molecule is Br.CN1[C@@H]2C[C@@H](OC(=O)[C@H](CO)c3ccccc3)C[C@H]1[C@H](O)C2. The predicted octanol–water partition coefficient (Wildman–Crippen LogP) is 1.48. The van der Waals surface area contributed by atoms with Crippen LogP contribution in [-0.4, -0.2) is 59.0 Å². The Morgan fingerprint density at radius 1 is 1.30 bits per heavy atom. The number of piperidine rings is 1. The van der Waals surface area contributed by atoms with Gasteiger partial charge in [-0.3, -0.25) is 9.69 Å². The highest BCUT2D eigenvalue weighted by Crippen LogP contribution is 2.36. The summed E-state index contributed by atoms with van der Waals surface area (Å²) in [6, 6.07) is 9.56. The number of fused-ring (bicyclic) bond motifs is 2. The highest BCUT2D eigenvalue weighted by molar-refractivity contribution is 8.93. The Hall–Kier alpha value is -0.950. The van der Waals surface area contributed by atoms with Gasteiger partial charge in [0.25, 0.3) is 0 Å². The second-order valence-corrected chi connectivity index (χ2v) is 6.37. The minimum absolute atomic E-state index is 0. The number of carbonyl (C=O) groups excluding carboxylic acids is 1. The van der Waals surface area contributed by atoms with E-state index in [2.05, 4.69) is 4.90 Å². The first kappa shape index (κ1) is 18.4. The van der Waals surface area contributed by atoms with Gasteiger partial charge in [-0.25, -0.2) is 0 Å². The van der Waals surface area contributed by atoms with Crippen LogP contribution >= 0.6 is 17.0 Å². The molecule has 2 fully saturated rings. The molecule has 1 aromatic rings. The molecular weight excluding hydrogens is 362 g/mol. The van der Waals surface area contributed by atoms with Gasteiger partial charge in [-0.15, -0.1) is 17.0 Å². The summed E-state index contributed by atoms with van der Waals surface area (Å²) < 4.78 is 5.64. The van der Waals surface area contributed by atoms with Gasteiger partial charge < -0.3 is 14.9 Å². The van der Waals surface area contributed by atoms with E-state index in [4.69, 9.17) is 4.74 Å². The zero-order valence-electron chi connectivity index (χ0n) is 13.2. The normalized spacial score (nSPS) is 31.3. The molecule has 128 valence electrons. The Balaban J connectivity index is 0.00000192. The number of esters is 1. The molecule has 2 aliphatic rings. The molecule has 0 saturated carbocycles. The number of halogens is 1. The number of benzene rings is 1. The van der Waals surface area contributed by atoms with Crippen molar-refractivity contribution >= 4 is 23.0 Å². The van der Waals surface area contributed by atoms with Crippen molar-refractivity contribution in [2.45, 2.75) is 49.5 Å². The minimum Gasteiger partial charge on any atom is -0.462 e. The summed E-state index contributed by atoms with van der Waals surface area (Å²) in [6.07, 6.45) is 1.66. The summed E-state index contributed by atoms with van der Waals surface area (Å²) in [7, 11) is 2.02. The number of aliphatic hydroxyl groups excluding tert-OH is 2. The highest BCUT2D eigenvalue weighted by Gasteiger charge is 2.45. The van der Waals surface area contributed by atoms with Gasteiger partial charge in [0, 0.05) is 24.9 Å². The molecule has 0 spiro atoms. The number of aliphatic hydroxyl groups is 2. The zero-order chi connectivity index (χ0) is 15.7. The predicted molar refractivity (Wildman–Crippen MR) is 91.7 cm³/mol. The summed E-state index contributed by atoms with van der Waals surface area (Å²) >= 11 is 0. The Labute approximate surface area is 147 Å². The van der Waals surface area contributed by atoms with E-state index in [0.29, 0.717) is 6.42 Å². The number of nitrogens with zero attached hydrogens (tertiary/aromatic N) is 1. The van der Waals surface area contributed by atoms with Crippen LogP contribution < -0.4 is 0 Å². The van der Waals surface area contributed by atoms with Crippen LogP contribution in [0.4, 0.5) is 0 Å². The molecule has 0 unspecified atom stereocenters. The molecule has 23 heavy (non-hydrogen) atoms. The largest absolute Gasteiger partial charge is 0.462 e. The molecule has 5 nitrogen and oxygen atoms in total. The monoisotopic (exact) mass is 385 g/mol. The second kappa shape index (κ2) is 7.75. The Morgan fingerprint density at radius 2 is 2.00 bits per heavy atom. The highest BCUT2D eigenvalue weighted by atomic mass is 79.9. The molecule has 2 saturated heterocycles. The molecule has 0 amide bonds. The van der Waals surface area contributed by atoms with Crippen molar-refractivity contribution in [2.75, 3.05) is 13.7 Å². The molecule has 0 aliphatic carbocycles. The third-order valence-corrected chi connectivity index (χ3v) is 5.05. The number of hydrogen-bond donors (Lipinski definition) is 2. The Kier molecular flexibility index (Phi) is 6.19. The lowest BCUT2D eigenvalue weighted by Gasteiger charge is -2.36. The van der Waals surface area contributed by atoms with E-state index in [1.165, 1.54) is 0 Å². The van der Waals surface area contributed by atoms with Crippen molar-refractivity contribution in [3.63, 3.8) is 0 Å². The molecule has 0 radical (unpaired) electrons. The van der Waals surface area contributed by atoms with Crippen molar-refractivity contribution in [3.05, 3.63) is 35.9 Å². The van der Waals surface area contributed by atoms with Gasteiger partial charge in [-0.05, 0) is 19.0 Å². The van der Waals surface area contributed by atoms with Crippen molar-refractivity contribution < 1.29 is 19.7 Å². The first-order valence-electron chi connectivity index (χ1n) is 7.86. The average Bonchev–Trinajstić information content (AvgIpc) is 2.68. The standard InChI is InChI=1S/C17H23NO4.BrH/c1-18-12-7-13(9-15(18)16(20)8-12)22-17(21)14(10-19)11-5-3-2-4-6-11;/h2-6,12-16,19-20H,7-10H2,1H3;1H/t12-,13-,14-,15+,16-;/m1./s1. The lowest BCUT2D eigenvalue weighted by Crippen LogP contribution is -2.45. The molecule has 2 heterocycles. The van der Waals surface area contributed by atoms with Gasteiger partial charge in [0.05, 0.1) is 12.7 Å². The third-order valence-electron chi connectivity index (χ3n) is 5.05. The molecule has 3 rings (SSSR count). The zero-order valence-corrected chi connectivity index (χ0v) is 14.9. The lowest BCUT2D eigenvalue weighted by atomic mass is 9.98. The van der Waals surface area contributed by atoms with E-state index in [9.17, 15) is 15.0 Å². The van der Waals surface area contributed by atoms with E-state index < -0.39 is 5.92 Å². The summed E-state index contributed by atoms with van der Waals surface area (Å²) in [5, 5.41) is 19.6. The van der Waals surface area contributed by atoms with Crippen LogP contribution in [0.1, 0.15) is 30.7 Å². The van der Waals surface area contributed by atoms with Crippen molar-refractivity contribution in [3.8, 4) is 0 Å². The minimum atomic E-state index is -0.636. The molecule has 0 aromatic heterocycles. The summed E-state index contributed by atoms with van der Waals surface area (Å²) in [6.45, 7) is -0.259. The Morgan fingerprint density at radius 3 is 2.61 bits per heavy atom. The van der Waals surface area contributed by atoms with Crippen LogP contribution in [0, 0.1) is 0 Å². The molecule has 2 bridgehead atoms. The fourth-order valence-corrected chi connectivity index (χ4v) is 3.74. The van der Waals surface area contributed by atoms with E-state index in [1.807, 2.05) is 37.4 Å². The van der Waals surface area contributed by atoms with Gasteiger partial charge in [0.15, 0.2) is 0 Å². The topological polar surface area (TPSA) is 70.0 Å². The van der Waals surface area contributed by atoms with E-state index in [-0.39, 0.29) is 53.8 Å². The Bertz CT molecular complexity index is 527. The van der Waals surface area contributed by atoms with Gasteiger partial charge in [-0.2, -0.15) is 0 Å². The van der Waals surface area contributed by atoms with Gasteiger partial charge in [-0.1, -0.05) is 30.3 Å². The van der Waals surface area contributed by atoms with Crippen molar-refractivity contribution in [1.29, 1.82) is 0 Å². The molecule has 5 atom stereocenters. The molecule has 2 aliphatic heterocycles. The molecule has 1 aromatic carbocycles. The number of hydrogen-bond acceptors (Lipinski definition) is 5. The van der Waals surface area contributed by atoms with Crippen LogP contribution in [0.15, 0.2) is 30.3 Å². The maximum Gasteiger partial charge on any atom is 0.316 e. The van der Waals surface area contributed by atoms with Crippen LogP contribution in [0.5, 0.6) is 0 Å². The van der Waals surface area contributed by atoms with Gasteiger partial charge >= 0.3 is 5.97 Å². The van der Waals surface area contributed by atoms with Crippen LogP contribution in [0.2, 0.25) is 0 Å². The fraction of sp³-hybridized carbons (Fsp3) is 0.588. The lowest BCUT2D eigenvalue weighted by molar-refractivity contribution is -0.155. The van der Waals surface area contributed by atoms with Crippen LogP contribution in [0.3, 0.4) is 0 Å². The summed E-state index contributed by atoms with van der Waals surface area (Å²) in [5.74, 6) is -1.01. The van der Waals surface area contributed by atoms with E-state index in [1.54, 1.807) is 0 Å². The smallest absolute Gasteiger partial charge is 0.316 e. The quantitative estimate of drug-likeness (QED) is 0.768. The number of rotatable bonds is 4. The summed E-state index contributed by atoms with van der Waals surface area (Å²) in [4.78, 5) is 14.6. The molecular formula is C17H24BrNO4. The third kappa shape index (κ3) is 3.76. The van der Waals surface area contributed by atoms with Gasteiger partial charge in [0.1, 0.15) is 12.0 Å². The molecule has 6 heteroatoms. The van der Waals surface area contributed by atoms with E-state index >= 15 is 0 Å². The fourth-order valence-electron chi connectivity index (χ4n) is 3.74. The van der Waals surface area contributed by atoms with Crippen LogP contribution in [-0.2, 0) is 9.53 Å². The first-order valence-corrected chi connectivity index (χ1v) is 7.86. The summed E-state index contributed by atoms with van der Waals surface area (Å²) in [5.41, 5.74) is 0.769. The van der Waals surface area contributed by atoms with E-state index in [0.717, 1.165) is 18.4 Å². The first-order chi connectivity index (χ1) is 10.6. The van der Waals surface area contributed by atoms with Crippen molar-refractivity contribution in [1.82, 2.24) is 4.90 Å². The maximum absolute atomic E-state index is 12.4. The second-order valence-electron chi connectivity index (χ2n) is 6.37. The number of carbonyl (C=O) groups is 1.